The van der Waals surface area contributed by atoms with Gasteiger partial charge in [0.1, 0.15) is 11.6 Å². The number of benzene rings is 1. The highest BCUT2D eigenvalue weighted by Gasteiger charge is 2.11. The number of fused-ring (bicyclic) bond motifs is 1. The molecule has 0 unspecified atom stereocenters. The first-order valence-corrected chi connectivity index (χ1v) is 7.86. The molecule has 0 bridgehead atoms. The Morgan fingerprint density at radius 3 is 2.82 bits per heavy atom. The van der Waals surface area contributed by atoms with E-state index in [1.807, 2.05) is 18.2 Å². The molecule has 0 spiro atoms. The summed E-state index contributed by atoms with van der Waals surface area (Å²) in [5, 5.41) is 4.52. The number of morpholine rings is 1. The average molecular weight is 301 g/mol. The van der Waals surface area contributed by atoms with E-state index in [4.69, 9.17) is 10.5 Å². The van der Waals surface area contributed by atoms with E-state index in [9.17, 15) is 0 Å². The molecule has 1 fully saturated rings. The van der Waals surface area contributed by atoms with E-state index in [0.717, 1.165) is 61.9 Å². The molecule has 6 heteroatoms. The fraction of sp³-hybridized carbons (Fsp3) is 0.500. The van der Waals surface area contributed by atoms with Gasteiger partial charge in [-0.25, -0.2) is 9.97 Å². The first-order chi connectivity index (χ1) is 10.9. The molecule has 2 heterocycles. The molecule has 118 valence electrons. The predicted octanol–water partition coefficient (Wildman–Crippen LogP) is 0.875. The second-order valence-corrected chi connectivity index (χ2v) is 5.43. The summed E-state index contributed by atoms with van der Waals surface area (Å²) in [4.78, 5) is 11.6. The van der Waals surface area contributed by atoms with Crippen molar-refractivity contribution in [3.8, 4) is 0 Å². The van der Waals surface area contributed by atoms with Crippen molar-refractivity contribution in [2.75, 3.05) is 51.3 Å². The van der Waals surface area contributed by atoms with Crippen molar-refractivity contribution in [3.63, 3.8) is 0 Å². The van der Waals surface area contributed by atoms with Gasteiger partial charge in [-0.05, 0) is 18.7 Å². The van der Waals surface area contributed by atoms with E-state index in [0.29, 0.717) is 13.0 Å². The van der Waals surface area contributed by atoms with Crippen LogP contribution in [0.25, 0.3) is 10.9 Å². The summed E-state index contributed by atoms with van der Waals surface area (Å²) in [5.74, 6) is 1.71. The van der Waals surface area contributed by atoms with E-state index in [-0.39, 0.29) is 0 Å². The molecule has 3 rings (SSSR count). The Labute approximate surface area is 130 Å². The lowest BCUT2D eigenvalue weighted by Crippen LogP contribution is -2.39. The minimum Gasteiger partial charge on any atom is -0.379 e. The van der Waals surface area contributed by atoms with E-state index in [2.05, 4.69) is 26.3 Å². The van der Waals surface area contributed by atoms with Gasteiger partial charge in [0.2, 0.25) is 0 Å². The largest absolute Gasteiger partial charge is 0.379 e. The second kappa shape index (κ2) is 7.49. The molecule has 1 aliphatic heterocycles. The van der Waals surface area contributed by atoms with Crippen molar-refractivity contribution >= 4 is 16.7 Å². The molecule has 1 saturated heterocycles. The second-order valence-electron chi connectivity index (χ2n) is 5.43. The molecule has 0 aliphatic carbocycles. The fourth-order valence-electron chi connectivity index (χ4n) is 2.66. The van der Waals surface area contributed by atoms with Gasteiger partial charge in [0.05, 0.1) is 18.7 Å². The highest BCUT2D eigenvalue weighted by Crippen LogP contribution is 2.20. The normalized spacial score (nSPS) is 16.0. The Morgan fingerprint density at radius 1 is 1.18 bits per heavy atom. The van der Waals surface area contributed by atoms with Crippen LogP contribution < -0.4 is 11.1 Å². The zero-order valence-electron chi connectivity index (χ0n) is 12.8. The number of rotatable bonds is 6. The number of nitrogens with one attached hydrogen (secondary N) is 1. The van der Waals surface area contributed by atoms with E-state index in [1.165, 1.54) is 0 Å². The van der Waals surface area contributed by atoms with Crippen LogP contribution in [0.3, 0.4) is 0 Å². The van der Waals surface area contributed by atoms with Gasteiger partial charge in [-0.2, -0.15) is 0 Å². The molecule has 1 aromatic carbocycles. The molecule has 1 aliphatic rings. The van der Waals surface area contributed by atoms with Crippen LogP contribution in [0, 0.1) is 0 Å². The molecule has 3 N–H and O–H groups in total. The third kappa shape index (κ3) is 3.71. The molecule has 0 saturated carbocycles. The Hall–Kier alpha value is -1.76. The number of hydrogen-bond acceptors (Lipinski definition) is 6. The van der Waals surface area contributed by atoms with Crippen LogP contribution in [0.2, 0.25) is 0 Å². The van der Waals surface area contributed by atoms with Crippen molar-refractivity contribution in [2.45, 2.75) is 6.42 Å². The van der Waals surface area contributed by atoms with Crippen molar-refractivity contribution in [2.24, 2.45) is 5.73 Å². The van der Waals surface area contributed by atoms with Gasteiger partial charge in [0, 0.05) is 38.0 Å². The maximum atomic E-state index is 5.63. The average Bonchev–Trinajstić information content (AvgIpc) is 2.56. The predicted molar refractivity (Wildman–Crippen MR) is 88.0 cm³/mol. The Bertz CT molecular complexity index is 613. The summed E-state index contributed by atoms with van der Waals surface area (Å²) < 4.78 is 5.37. The lowest BCUT2D eigenvalue weighted by Gasteiger charge is -2.26. The number of para-hydroxylation sites is 1. The summed E-state index contributed by atoms with van der Waals surface area (Å²) in [6, 6.07) is 8.09. The minimum absolute atomic E-state index is 0.561. The molecule has 6 nitrogen and oxygen atoms in total. The van der Waals surface area contributed by atoms with Gasteiger partial charge >= 0.3 is 0 Å². The fourth-order valence-corrected chi connectivity index (χ4v) is 2.66. The summed E-state index contributed by atoms with van der Waals surface area (Å²) in [6.07, 6.45) is 0.697. The molecular formula is C16H23N5O. The zero-order valence-corrected chi connectivity index (χ0v) is 12.8. The van der Waals surface area contributed by atoms with Crippen molar-refractivity contribution < 1.29 is 4.74 Å². The maximum Gasteiger partial charge on any atom is 0.137 e. The van der Waals surface area contributed by atoms with Crippen LogP contribution in [0.4, 0.5) is 5.82 Å². The monoisotopic (exact) mass is 301 g/mol. The molecular weight excluding hydrogens is 278 g/mol. The van der Waals surface area contributed by atoms with E-state index in [1.54, 1.807) is 0 Å². The van der Waals surface area contributed by atoms with Gasteiger partial charge in [0.15, 0.2) is 0 Å². The van der Waals surface area contributed by atoms with Crippen molar-refractivity contribution in [3.05, 3.63) is 30.1 Å². The lowest BCUT2D eigenvalue weighted by atomic mass is 10.2. The number of hydrogen-bond donors (Lipinski definition) is 2. The van der Waals surface area contributed by atoms with Gasteiger partial charge in [0.25, 0.3) is 0 Å². The summed E-state index contributed by atoms with van der Waals surface area (Å²) in [6.45, 7) is 6.09. The highest BCUT2D eigenvalue weighted by molar-refractivity contribution is 5.88. The van der Waals surface area contributed by atoms with E-state index >= 15 is 0 Å². The number of aromatic nitrogens is 2. The summed E-state index contributed by atoms with van der Waals surface area (Å²) in [5.41, 5.74) is 6.60. The van der Waals surface area contributed by atoms with Crippen LogP contribution in [0.15, 0.2) is 24.3 Å². The number of anilines is 1. The third-order valence-corrected chi connectivity index (χ3v) is 3.84. The van der Waals surface area contributed by atoms with Crippen LogP contribution in [0.5, 0.6) is 0 Å². The quantitative estimate of drug-likeness (QED) is 0.825. The first kappa shape index (κ1) is 15.1. The molecule has 0 atom stereocenters. The first-order valence-electron chi connectivity index (χ1n) is 7.86. The topological polar surface area (TPSA) is 76.3 Å². The molecule has 2 aromatic rings. The van der Waals surface area contributed by atoms with Crippen LogP contribution in [-0.2, 0) is 11.2 Å². The van der Waals surface area contributed by atoms with Gasteiger partial charge in [-0.1, -0.05) is 12.1 Å². The van der Waals surface area contributed by atoms with Crippen LogP contribution >= 0.6 is 0 Å². The Morgan fingerprint density at radius 2 is 2.00 bits per heavy atom. The summed E-state index contributed by atoms with van der Waals surface area (Å²) >= 11 is 0. The number of ether oxygens (including phenoxy) is 1. The summed E-state index contributed by atoms with van der Waals surface area (Å²) in [7, 11) is 0. The van der Waals surface area contributed by atoms with Crippen molar-refractivity contribution in [1.29, 1.82) is 0 Å². The molecule has 22 heavy (non-hydrogen) atoms. The minimum atomic E-state index is 0.561. The van der Waals surface area contributed by atoms with Gasteiger partial charge in [-0.15, -0.1) is 0 Å². The van der Waals surface area contributed by atoms with Gasteiger partial charge in [-0.3, -0.25) is 4.90 Å². The SMILES string of the molecule is NCCc1nc(NCCN2CCOCC2)c2ccccc2n1. The zero-order chi connectivity index (χ0) is 15.2. The van der Waals surface area contributed by atoms with Crippen LogP contribution in [-0.4, -0.2) is 60.8 Å². The Balaban J connectivity index is 1.70. The molecule has 0 amide bonds. The smallest absolute Gasteiger partial charge is 0.137 e. The molecule has 0 radical (unpaired) electrons. The van der Waals surface area contributed by atoms with E-state index < -0.39 is 0 Å². The maximum absolute atomic E-state index is 5.63. The molecule has 1 aromatic heterocycles. The number of nitrogens with two attached hydrogens (primary N) is 1. The Kier molecular flexibility index (Phi) is 5.15. The highest BCUT2D eigenvalue weighted by atomic mass is 16.5. The number of nitrogens with zero attached hydrogens (tertiary/aromatic N) is 3. The standard InChI is InChI=1S/C16H23N5O/c17-6-5-15-19-14-4-2-1-3-13(14)16(20-15)18-7-8-21-9-11-22-12-10-21/h1-4H,5-12,17H2,(H,18,19,20). The lowest BCUT2D eigenvalue weighted by molar-refractivity contribution is 0.0398. The van der Waals surface area contributed by atoms with Crippen LogP contribution in [0.1, 0.15) is 5.82 Å². The van der Waals surface area contributed by atoms with Gasteiger partial charge < -0.3 is 15.8 Å². The third-order valence-electron chi connectivity index (χ3n) is 3.84. The van der Waals surface area contributed by atoms with Crippen molar-refractivity contribution in [1.82, 2.24) is 14.9 Å².